The van der Waals surface area contributed by atoms with E-state index in [1.807, 2.05) is 6.92 Å². The number of aliphatic hydroxyl groups is 1. The van der Waals surface area contributed by atoms with Crippen molar-refractivity contribution in [1.82, 2.24) is 10.3 Å². The quantitative estimate of drug-likeness (QED) is 0.814. The zero-order valence-electron chi connectivity index (χ0n) is 11.9. The smallest absolute Gasteiger partial charge is 0.251 e. The van der Waals surface area contributed by atoms with Crippen molar-refractivity contribution >= 4 is 17.7 Å². The predicted octanol–water partition coefficient (Wildman–Crippen LogP) is 2.47. The molecule has 1 rings (SSSR count). The number of hydrogen-bond donors (Lipinski definition) is 2. The maximum atomic E-state index is 12.0. The fourth-order valence-electron chi connectivity index (χ4n) is 1.49. The Kier molecular flexibility index (Phi) is 5.82. The molecule has 1 aromatic rings. The molecule has 0 radical (unpaired) electrons. The minimum Gasteiger partial charge on any atom is -0.396 e. The van der Waals surface area contributed by atoms with Gasteiger partial charge in [-0.1, -0.05) is 20.8 Å². The number of amides is 1. The number of nitrogens with zero attached hydrogens (tertiary/aromatic N) is 1. The van der Waals surface area contributed by atoms with Gasteiger partial charge < -0.3 is 10.4 Å². The third-order valence-electron chi connectivity index (χ3n) is 2.35. The lowest BCUT2D eigenvalue weighted by Gasteiger charge is -2.17. The molecule has 1 heterocycles. The fraction of sp³-hybridized carbons (Fsp3) is 0.571. The van der Waals surface area contributed by atoms with Crippen LogP contribution in [0.4, 0.5) is 0 Å². The number of pyridine rings is 1. The molecule has 1 aromatic heterocycles. The van der Waals surface area contributed by atoms with Crippen LogP contribution in [0, 0.1) is 0 Å². The number of nitrogens with one attached hydrogen (secondary N) is 1. The number of hydrogen-bond acceptors (Lipinski definition) is 4. The summed E-state index contributed by atoms with van der Waals surface area (Å²) in [6, 6.07) is 3.47. The van der Waals surface area contributed by atoms with Crippen LogP contribution in [-0.2, 0) is 0 Å². The highest BCUT2D eigenvalue weighted by Gasteiger charge is 2.15. The topological polar surface area (TPSA) is 62.2 Å². The Morgan fingerprint density at radius 2 is 2.21 bits per heavy atom. The largest absolute Gasteiger partial charge is 0.396 e. The van der Waals surface area contributed by atoms with Gasteiger partial charge in [-0.15, -0.1) is 11.8 Å². The first-order valence-electron chi connectivity index (χ1n) is 6.38. The lowest BCUT2D eigenvalue weighted by atomic mass is 10.2. The maximum Gasteiger partial charge on any atom is 0.251 e. The second-order valence-electron chi connectivity index (χ2n) is 5.48. The number of aliphatic hydroxyl groups excluding tert-OH is 1. The van der Waals surface area contributed by atoms with Gasteiger partial charge in [0, 0.05) is 29.2 Å². The van der Waals surface area contributed by atoms with Crippen LogP contribution in [0.15, 0.2) is 23.4 Å². The number of thioether (sulfide) groups is 1. The third kappa shape index (κ3) is 6.07. The second-order valence-corrected chi connectivity index (χ2v) is 7.33. The number of carbonyl (C=O) groups excluding carboxylic acids is 1. The van der Waals surface area contributed by atoms with Crippen LogP contribution < -0.4 is 5.32 Å². The molecule has 0 aliphatic carbocycles. The molecule has 0 saturated heterocycles. The summed E-state index contributed by atoms with van der Waals surface area (Å²) in [7, 11) is 0. The van der Waals surface area contributed by atoms with Crippen LogP contribution in [0.5, 0.6) is 0 Å². The Morgan fingerprint density at radius 1 is 1.53 bits per heavy atom. The van der Waals surface area contributed by atoms with E-state index in [9.17, 15) is 4.79 Å². The van der Waals surface area contributed by atoms with Crippen molar-refractivity contribution in [2.75, 3.05) is 6.61 Å². The SMILES string of the molecule is CC(CCO)NC(=O)c1ccnc(SC(C)(C)C)c1. The molecule has 5 heteroatoms. The highest BCUT2D eigenvalue weighted by molar-refractivity contribution is 8.00. The molecule has 1 unspecified atom stereocenters. The summed E-state index contributed by atoms with van der Waals surface area (Å²) in [4.78, 5) is 16.3. The summed E-state index contributed by atoms with van der Waals surface area (Å²) in [5.74, 6) is -0.126. The zero-order chi connectivity index (χ0) is 14.5. The molecule has 0 aromatic carbocycles. The van der Waals surface area contributed by atoms with Crippen molar-refractivity contribution in [3.05, 3.63) is 23.9 Å². The summed E-state index contributed by atoms with van der Waals surface area (Å²) in [6.07, 6.45) is 2.21. The van der Waals surface area contributed by atoms with Crippen LogP contribution in [0.1, 0.15) is 44.5 Å². The summed E-state index contributed by atoms with van der Waals surface area (Å²) in [5, 5.41) is 12.5. The maximum absolute atomic E-state index is 12.0. The van der Waals surface area contributed by atoms with Crippen molar-refractivity contribution < 1.29 is 9.90 Å². The molecule has 0 bridgehead atoms. The van der Waals surface area contributed by atoms with Gasteiger partial charge in [-0.25, -0.2) is 4.98 Å². The highest BCUT2D eigenvalue weighted by Crippen LogP contribution is 2.30. The summed E-state index contributed by atoms with van der Waals surface area (Å²) >= 11 is 1.63. The van der Waals surface area contributed by atoms with E-state index in [0.717, 1.165) is 5.03 Å². The Balaban J connectivity index is 2.73. The molecule has 2 N–H and O–H groups in total. The van der Waals surface area contributed by atoms with Crippen LogP contribution in [0.3, 0.4) is 0 Å². The molecular formula is C14H22N2O2S. The van der Waals surface area contributed by atoms with Gasteiger partial charge in [0.25, 0.3) is 5.91 Å². The molecular weight excluding hydrogens is 260 g/mol. The fourth-order valence-corrected chi connectivity index (χ4v) is 2.42. The van der Waals surface area contributed by atoms with E-state index in [0.29, 0.717) is 12.0 Å². The Morgan fingerprint density at radius 3 is 2.79 bits per heavy atom. The van der Waals surface area contributed by atoms with E-state index in [1.165, 1.54) is 0 Å². The first-order chi connectivity index (χ1) is 8.81. The molecule has 1 atom stereocenters. The molecule has 0 aliphatic rings. The van der Waals surface area contributed by atoms with Crippen LogP contribution >= 0.6 is 11.8 Å². The van der Waals surface area contributed by atoms with Gasteiger partial charge in [0.2, 0.25) is 0 Å². The number of rotatable bonds is 5. The first-order valence-corrected chi connectivity index (χ1v) is 7.20. The summed E-state index contributed by atoms with van der Waals surface area (Å²) < 4.78 is 0.0618. The molecule has 1 amide bonds. The van der Waals surface area contributed by atoms with Gasteiger partial charge in [-0.2, -0.15) is 0 Å². The molecule has 0 saturated carbocycles. The molecule has 0 fully saturated rings. The normalized spacial score (nSPS) is 13.1. The Labute approximate surface area is 119 Å². The monoisotopic (exact) mass is 282 g/mol. The molecule has 0 spiro atoms. The van der Waals surface area contributed by atoms with E-state index in [2.05, 4.69) is 31.1 Å². The van der Waals surface area contributed by atoms with E-state index in [4.69, 9.17) is 5.11 Å². The minimum absolute atomic E-state index is 0.0376. The van der Waals surface area contributed by atoms with Gasteiger partial charge in [-0.05, 0) is 25.5 Å². The van der Waals surface area contributed by atoms with Gasteiger partial charge >= 0.3 is 0 Å². The average Bonchev–Trinajstić information content (AvgIpc) is 2.27. The third-order valence-corrected chi connectivity index (χ3v) is 3.39. The Hall–Kier alpha value is -1.07. The lowest BCUT2D eigenvalue weighted by molar-refractivity contribution is 0.0934. The molecule has 19 heavy (non-hydrogen) atoms. The van der Waals surface area contributed by atoms with E-state index in [-0.39, 0.29) is 23.3 Å². The van der Waals surface area contributed by atoms with Crippen molar-refractivity contribution in [3.63, 3.8) is 0 Å². The van der Waals surface area contributed by atoms with Crippen molar-refractivity contribution in [3.8, 4) is 0 Å². The number of carbonyl (C=O) groups is 1. The summed E-state index contributed by atoms with van der Waals surface area (Å²) in [5.41, 5.74) is 0.603. The second kappa shape index (κ2) is 6.91. The van der Waals surface area contributed by atoms with Crippen LogP contribution in [0.2, 0.25) is 0 Å². The lowest BCUT2D eigenvalue weighted by Crippen LogP contribution is -2.33. The average molecular weight is 282 g/mol. The molecule has 4 nitrogen and oxygen atoms in total. The van der Waals surface area contributed by atoms with Crippen molar-refractivity contribution in [2.24, 2.45) is 0 Å². The van der Waals surface area contributed by atoms with Crippen molar-refractivity contribution in [2.45, 2.75) is 49.9 Å². The van der Waals surface area contributed by atoms with E-state index < -0.39 is 0 Å². The predicted molar refractivity (Wildman–Crippen MR) is 78.5 cm³/mol. The standard InChI is InChI=1S/C14H22N2O2S/c1-10(6-8-17)16-13(18)11-5-7-15-12(9-11)19-14(2,3)4/h5,7,9-10,17H,6,8H2,1-4H3,(H,16,18). The first kappa shape index (κ1) is 16.0. The van der Waals surface area contributed by atoms with Crippen molar-refractivity contribution in [1.29, 1.82) is 0 Å². The zero-order valence-corrected chi connectivity index (χ0v) is 12.8. The molecule has 0 aliphatic heterocycles. The highest BCUT2D eigenvalue weighted by atomic mass is 32.2. The number of aromatic nitrogens is 1. The molecule has 106 valence electrons. The van der Waals surface area contributed by atoms with Gasteiger partial charge in [0.1, 0.15) is 0 Å². The van der Waals surface area contributed by atoms with Gasteiger partial charge in [0.15, 0.2) is 0 Å². The van der Waals surface area contributed by atoms with E-state index >= 15 is 0 Å². The summed E-state index contributed by atoms with van der Waals surface area (Å²) in [6.45, 7) is 8.27. The van der Waals surface area contributed by atoms with Gasteiger partial charge in [0.05, 0.1) is 5.03 Å². The van der Waals surface area contributed by atoms with Crippen LogP contribution in [0.25, 0.3) is 0 Å². The minimum atomic E-state index is -0.126. The Bertz CT molecular complexity index is 430. The van der Waals surface area contributed by atoms with E-state index in [1.54, 1.807) is 30.1 Å². The van der Waals surface area contributed by atoms with Crippen LogP contribution in [-0.4, -0.2) is 33.4 Å². The van der Waals surface area contributed by atoms with Gasteiger partial charge in [-0.3, -0.25) is 4.79 Å².